The van der Waals surface area contributed by atoms with E-state index in [1.165, 1.54) is 43.3 Å². The van der Waals surface area contributed by atoms with Crippen LogP contribution in [0.3, 0.4) is 0 Å². The number of carbonyl (C=O) groups excluding carboxylic acids is 1. The third kappa shape index (κ3) is 8.00. The second-order valence-electron chi connectivity index (χ2n) is 12.8. The summed E-state index contributed by atoms with van der Waals surface area (Å²) in [6.07, 6.45) is -13.3. The Kier molecular flexibility index (Phi) is 11.0. The summed E-state index contributed by atoms with van der Waals surface area (Å²) in [6, 6.07) is 14.8. The maximum absolute atomic E-state index is 14.0. The number of aliphatic hydroxyl groups excluding tert-OH is 6. The van der Waals surface area contributed by atoms with E-state index < -0.39 is 96.3 Å². The third-order valence-corrected chi connectivity index (χ3v) is 8.88. The fraction of sp³-hybridized carbons (Fsp3) is 0.351. The Morgan fingerprint density at radius 3 is 2.11 bits per heavy atom. The zero-order chi connectivity index (χ0) is 38.1. The minimum absolute atomic E-state index is 0.130. The molecule has 0 spiro atoms. The number of benzene rings is 3. The SMILES string of the molecule is Cc1ccc(/C=C/C(=O)OCC2O[C@@H](Oc3c(-c4ccc(O)cc4)oc4cc(O[C@@H]5OC(C)[C@H](O)[C@H](O)C5O)cc(O)c4c3=O)C(O)[C@@H](O)[C@@H]2O)cc1. The zero-order valence-corrected chi connectivity index (χ0v) is 28.3. The molecule has 282 valence electrons. The van der Waals surface area contributed by atoms with Crippen LogP contribution in [0.5, 0.6) is 23.0 Å². The summed E-state index contributed by atoms with van der Waals surface area (Å²) in [6.45, 7) is 2.78. The predicted molar refractivity (Wildman–Crippen MR) is 183 cm³/mol. The highest BCUT2D eigenvalue weighted by Gasteiger charge is 2.46. The molecule has 2 aliphatic rings. The van der Waals surface area contributed by atoms with Crippen LogP contribution in [0.2, 0.25) is 0 Å². The zero-order valence-electron chi connectivity index (χ0n) is 28.3. The minimum atomic E-state index is -1.94. The summed E-state index contributed by atoms with van der Waals surface area (Å²) in [7, 11) is 0. The van der Waals surface area contributed by atoms with E-state index in [1.54, 1.807) is 12.1 Å². The molecule has 3 heterocycles. The van der Waals surface area contributed by atoms with Gasteiger partial charge in [0.1, 0.15) is 77.6 Å². The summed E-state index contributed by atoms with van der Waals surface area (Å²) < 4.78 is 33.9. The summed E-state index contributed by atoms with van der Waals surface area (Å²) in [5, 5.41) is 83.2. The molecule has 1 aromatic heterocycles. The van der Waals surface area contributed by atoms with Crippen molar-refractivity contribution in [2.45, 2.75) is 75.3 Å². The molecule has 0 radical (unpaired) electrons. The van der Waals surface area contributed by atoms with Gasteiger partial charge in [0.15, 0.2) is 5.76 Å². The molecule has 4 unspecified atom stereocenters. The molecule has 0 bridgehead atoms. The fourth-order valence-corrected chi connectivity index (χ4v) is 5.80. The lowest BCUT2D eigenvalue weighted by Crippen LogP contribution is -2.60. The van der Waals surface area contributed by atoms with Crippen molar-refractivity contribution < 1.29 is 73.7 Å². The van der Waals surface area contributed by atoms with Crippen molar-refractivity contribution in [3.05, 3.63) is 88.1 Å². The molecular weight excluding hydrogens is 700 g/mol. The largest absolute Gasteiger partial charge is 0.508 e. The molecule has 53 heavy (non-hydrogen) atoms. The van der Waals surface area contributed by atoms with Crippen LogP contribution in [0, 0.1) is 6.92 Å². The first-order valence-electron chi connectivity index (χ1n) is 16.5. The van der Waals surface area contributed by atoms with E-state index >= 15 is 0 Å². The molecule has 16 nitrogen and oxygen atoms in total. The van der Waals surface area contributed by atoms with Crippen molar-refractivity contribution in [2.24, 2.45) is 0 Å². The summed E-state index contributed by atoms with van der Waals surface area (Å²) in [5.41, 5.74) is 0.679. The van der Waals surface area contributed by atoms with Gasteiger partial charge in [0.05, 0.1) is 6.10 Å². The lowest BCUT2D eigenvalue weighted by Gasteiger charge is -2.39. The van der Waals surface area contributed by atoms with Crippen molar-refractivity contribution in [3.63, 3.8) is 0 Å². The van der Waals surface area contributed by atoms with Gasteiger partial charge >= 0.3 is 5.97 Å². The molecule has 0 amide bonds. The van der Waals surface area contributed by atoms with Gasteiger partial charge in [0.25, 0.3) is 0 Å². The Morgan fingerprint density at radius 2 is 1.43 bits per heavy atom. The lowest BCUT2D eigenvalue weighted by molar-refractivity contribution is -0.278. The average molecular weight is 739 g/mol. The van der Waals surface area contributed by atoms with Crippen molar-refractivity contribution in [2.75, 3.05) is 6.61 Å². The van der Waals surface area contributed by atoms with Crippen molar-refractivity contribution >= 4 is 23.0 Å². The number of phenols is 2. The molecule has 2 aliphatic heterocycles. The van der Waals surface area contributed by atoms with Gasteiger partial charge < -0.3 is 69.0 Å². The molecule has 2 saturated heterocycles. The maximum atomic E-state index is 14.0. The third-order valence-electron chi connectivity index (χ3n) is 8.88. The summed E-state index contributed by atoms with van der Waals surface area (Å²) >= 11 is 0. The number of fused-ring (bicyclic) bond motifs is 1. The molecule has 3 aromatic carbocycles. The van der Waals surface area contributed by atoms with Gasteiger partial charge in [-0.1, -0.05) is 29.8 Å². The van der Waals surface area contributed by atoms with Gasteiger partial charge in [-0.2, -0.15) is 0 Å². The highest BCUT2D eigenvalue weighted by Crippen LogP contribution is 2.38. The van der Waals surface area contributed by atoms with E-state index in [0.29, 0.717) is 0 Å². The number of rotatable bonds is 9. The Balaban J connectivity index is 1.29. The number of aryl methyl sites for hydroxylation is 1. The standard InChI is InChI=1S/C37H38O16/c1-16-3-5-18(6-4-16)7-12-25(40)48-15-24-28(42)31(45)33(47)37(52-24)53-35-29(43)26-22(39)13-21(50-36-32(46)30(44)27(41)17(2)49-36)14-23(26)51-34(35)19-8-10-20(38)11-9-19/h3-14,17,24,27-28,30-33,36-39,41-42,44-47H,15H2,1-2H3/b12-7+/t17?,24?,27-,28+,30-,31-,32?,33?,36-,37-/m0/s1. The van der Waals surface area contributed by atoms with Crippen LogP contribution in [-0.2, 0) is 19.0 Å². The molecule has 8 N–H and O–H groups in total. The van der Waals surface area contributed by atoms with Gasteiger partial charge in [-0.3, -0.25) is 4.79 Å². The maximum Gasteiger partial charge on any atom is 0.330 e. The van der Waals surface area contributed by atoms with Gasteiger partial charge in [0.2, 0.25) is 23.8 Å². The number of carbonyl (C=O) groups is 1. The van der Waals surface area contributed by atoms with E-state index in [9.17, 15) is 50.4 Å². The second kappa shape index (κ2) is 15.5. The van der Waals surface area contributed by atoms with Crippen LogP contribution in [-0.4, -0.2) is 115 Å². The van der Waals surface area contributed by atoms with Crippen LogP contribution < -0.4 is 14.9 Å². The number of hydrogen-bond acceptors (Lipinski definition) is 16. The molecule has 16 heteroatoms. The normalized spacial score (nSPS) is 28.9. The quantitative estimate of drug-likeness (QED) is 0.0874. The number of hydrogen-bond donors (Lipinski definition) is 8. The molecule has 6 rings (SSSR count). The van der Waals surface area contributed by atoms with Crippen LogP contribution in [0.1, 0.15) is 18.1 Å². The summed E-state index contributed by atoms with van der Waals surface area (Å²) in [4.78, 5) is 26.5. The molecule has 0 saturated carbocycles. The van der Waals surface area contributed by atoms with Crippen LogP contribution in [0.15, 0.2) is 76.0 Å². The predicted octanol–water partition coefficient (Wildman–Crippen LogP) is 0.829. The van der Waals surface area contributed by atoms with Crippen LogP contribution >= 0.6 is 0 Å². The number of aliphatic hydroxyl groups is 6. The Hall–Kier alpha value is -5.04. The fourth-order valence-electron chi connectivity index (χ4n) is 5.80. The van der Waals surface area contributed by atoms with Crippen molar-refractivity contribution in [3.8, 4) is 34.3 Å². The molecular formula is C37H38O16. The molecule has 0 aliphatic carbocycles. The first-order valence-corrected chi connectivity index (χ1v) is 16.5. The summed E-state index contributed by atoms with van der Waals surface area (Å²) in [5.74, 6) is -2.69. The number of ether oxygens (including phenoxy) is 5. The number of esters is 1. The van der Waals surface area contributed by atoms with Gasteiger partial charge in [-0.25, -0.2) is 4.79 Å². The molecule has 10 atom stereocenters. The molecule has 4 aromatic rings. The van der Waals surface area contributed by atoms with Gasteiger partial charge in [-0.05, 0) is 49.8 Å². The smallest absolute Gasteiger partial charge is 0.330 e. The number of phenolic OH excluding ortho intramolecular Hbond substituents is 2. The van der Waals surface area contributed by atoms with E-state index in [4.69, 9.17) is 28.1 Å². The van der Waals surface area contributed by atoms with Crippen molar-refractivity contribution in [1.29, 1.82) is 0 Å². The minimum Gasteiger partial charge on any atom is -0.508 e. The van der Waals surface area contributed by atoms with Crippen LogP contribution in [0.4, 0.5) is 0 Å². The lowest BCUT2D eigenvalue weighted by atomic mass is 9.99. The number of aromatic hydroxyl groups is 2. The Bertz CT molecular complexity index is 2010. The van der Waals surface area contributed by atoms with E-state index in [2.05, 4.69) is 0 Å². The van der Waals surface area contributed by atoms with Crippen LogP contribution in [0.25, 0.3) is 28.4 Å². The Morgan fingerprint density at radius 1 is 0.792 bits per heavy atom. The first-order chi connectivity index (χ1) is 25.2. The topological polar surface area (TPSA) is 255 Å². The highest BCUT2D eigenvalue weighted by molar-refractivity contribution is 5.88. The Labute approximate surface area is 300 Å². The van der Waals surface area contributed by atoms with Gasteiger partial charge in [0, 0.05) is 23.8 Å². The van der Waals surface area contributed by atoms with Gasteiger partial charge in [-0.15, -0.1) is 0 Å². The van der Waals surface area contributed by atoms with Crippen molar-refractivity contribution in [1.82, 2.24) is 0 Å². The highest BCUT2D eigenvalue weighted by atomic mass is 16.7. The monoisotopic (exact) mass is 738 g/mol. The first kappa shape index (κ1) is 37.7. The van der Waals surface area contributed by atoms with E-state index in [-0.39, 0.29) is 28.4 Å². The van der Waals surface area contributed by atoms with E-state index in [1.807, 2.05) is 19.1 Å². The molecule has 2 fully saturated rings. The average Bonchev–Trinajstić information content (AvgIpc) is 3.13. The van der Waals surface area contributed by atoms with E-state index in [0.717, 1.165) is 23.3 Å². The second-order valence-corrected chi connectivity index (χ2v) is 12.8.